The van der Waals surface area contributed by atoms with Gasteiger partial charge in [-0.15, -0.1) is 0 Å². The van der Waals surface area contributed by atoms with Crippen molar-refractivity contribution in [3.63, 3.8) is 0 Å². The zero-order valence-corrected chi connectivity index (χ0v) is 9.00. The fourth-order valence-electron chi connectivity index (χ4n) is 1.30. The number of aromatic nitrogens is 2. The molecule has 1 heterocycles. The van der Waals surface area contributed by atoms with Crippen molar-refractivity contribution in [3.8, 4) is 0 Å². The smallest absolute Gasteiger partial charge is 0.298 e. The van der Waals surface area contributed by atoms with E-state index in [0.717, 1.165) is 0 Å². The lowest BCUT2D eigenvalue weighted by Crippen LogP contribution is -2.33. The predicted octanol–water partition coefficient (Wildman–Crippen LogP) is 1.88. The van der Waals surface area contributed by atoms with E-state index in [1.807, 2.05) is 27.7 Å². The Bertz CT molecular complexity index is 390. The lowest BCUT2D eigenvalue weighted by molar-refractivity contribution is 0.552. The third kappa shape index (κ3) is 2.81. The minimum absolute atomic E-state index is 0. The third-order valence-corrected chi connectivity index (χ3v) is 2.17. The molecule has 0 saturated heterocycles. The van der Waals surface area contributed by atoms with Crippen molar-refractivity contribution in [2.24, 2.45) is 0 Å². The van der Waals surface area contributed by atoms with E-state index in [4.69, 9.17) is 0 Å². The summed E-state index contributed by atoms with van der Waals surface area (Å²) >= 11 is 0. The molecule has 0 amide bonds. The van der Waals surface area contributed by atoms with Gasteiger partial charge < -0.3 is 0 Å². The lowest BCUT2D eigenvalue weighted by Gasteiger charge is -2.11. The van der Waals surface area contributed by atoms with Gasteiger partial charge in [-0.2, -0.15) is 0 Å². The van der Waals surface area contributed by atoms with Crippen LogP contribution in [0.3, 0.4) is 0 Å². The summed E-state index contributed by atoms with van der Waals surface area (Å²) in [5.74, 6) is 0.129. The van der Waals surface area contributed by atoms with E-state index in [-0.39, 0.29) is 30.6 Å². The zero-order chi connectivity index (χ0) is 10.9. The number of nitrogens with one attached hydrogen (secondary N) is 1. The molecule has 0 spiro atoms. The van der Waals surface area contributed by atoms with Crippen LogP contribution >= 0.6 is 0 Å². The molecule has 0 aliphatic rings. The SMILES string of the molecule is C.CC(C)c1cn(C(C)C)c(=O)[nH]c1=O. The number of H-pyrrole nitrogens is 1. The Labute approximate surface area is 90.0 Å². The van der Waals surface area contributed by atoms with E-state index in [1.54, 1.807) is 6.20 Å². The highest BCUT2D eigenvalue weighted by Gasteiger charge is 2.09. The summed E-state index contributed by atoms with van der Waals surface area (Å²) in [5.41, 5.74) is 0.0367. The second kappa shape index (κ2) is 4.96. The Morgan fingerprint density at radius 2 is 1.73 bits per heavy atom. The number of hydrogen-bond donors (Lipinski definition) is 1. The zero-order valence-electron chi connectivity index (χ0n) is 9.00. The first kappa shape index (κ1) is 13.7. The molecule has 1 aromatic heterocycles. The van der Waals surface area contributed by atoms with Gasteiger partial charge in [-0.05, 0) is 19.8 Å². The second-order valence-electron chi connectivity index (χ2n) is 4.00. The Morgan fingerprint density at radius 3 is 2.13 bits per heavy atom. The number of aromatic amines is 1. The van der Waals surface area contributed by atoms with E-state index in [1.165, 1.54) is 4.57 Å². The van der Waals surface area contributed by atoms with E-state index >= 15 is 0 Å². The first-order valence-electron chi connectivity index (χ1n) is 4.79. The summed E-state index contributed by atoms with van der Waals surface area (Å²) < 4.78 is 1.54. The van der Waals surface area contributed by atoms with Crippen LogP contribution in [0.4, 0.5) is 0 Å². The average molecular weight is 212 g/mol. The standard InChI is InChI=1S/C10H16N2O2.CH4/c1-6(2)8-5-12(7(3)4)10(14)11-9(8)13;/h5-7H,1-4H3,(H,11,13,14);1H4. The number of hydrogen-bond acceptors (Lipinski definition) is 2. The fraction of sp³-hybridized carbons (Fsp3) is 0.636. The molecule has 0 radical (unpaired) electrons. The lowest BCUT2D eigenvalue weighted by atomic mass is 10.1. The highest BCUT2D eigenvalue weighted by atomic mass is 16.2. The van der Waals surface area contributed by atoms with Crippen molar-refractivity contribution in [2.45, 2.75) is 47.1 Å². The first-order chi connectivity index (χ1) is 6.43. The second-order valence-corrected chi connectivity index (χ2v) is 4.00. The first-order valence-corrected chi connectivity index (χ1v) is 4.79. The molecule has 0 aliphatic heterocycles. The van der Waals surface area contributed by atoms with E-state index in [2.05, 4.69) is 4.98 Å². The van der Waals surface area contributed by atoms with Crippen molar-refractivity contribution < 1.29 is 0 Å². The van der Waals surface area contributed by atoms with E-state index in [0.29, 0.717) is 5.56 Å². The molecular weight excluding hydrogens is 192 g/mol. The van der Waals surface area contributed by atoms with Gasteiger partial charge in [-0.1, -0.05) is 21.3 Å². The van der Waals surface area contributed by atoms with Gasteiger partial charge in [0.1, 0.15) is 0 Å². The molecule has 0 aromatic carbocycles. The van der Waals surface area contributed by atoms with Gasteiger partial charge in [0.05, 0.1) is 0 Å². The molecular formula is C11H20N2O2. The highest BCUT2D eigenvalue weighted by Crippen LogP contribution is 2.08. The summed E-state index contributed by atoms with van der Waals surface area (Å²) in [6.45, 7) is 7.67. The molecule has 4 heteroatoms. The van der Waals surface area contributed by atoms with Gasteiger partial charge in [0.15, 0.2) is 0 Å². The molecule has 1 N–H and O–H groups in total. The minimum Gasteiger partial charge on any atom is -0.298 e. The molecule has 0 bridgehead atoms. The Balaban J connectivity index is 0.00000196. The van der Waals surface area contributed by atoms with Crippen molar-refractivity contribution in [3.05, 3.63) is 32.6 Å². The van der Waals surface area contributed by atoms with Crippen LogP contribution in [-0.4, -0.2) is 9.55 Å². The van der Waals surface area contributed by atoms with Gasteiger partial charge in [-0.3, -0.25) is 14.3 Å². The van der Waals surface area contributed by atoms with Crippen LogP contribution in [0.5, 0.6) is 0 Å². The van der Waals surface area contributed by atoms with Crippen molar-refractivity contribution in [1.82, 2.24) is 9.55 Å². The monoisotopic (exact) mass is 212 g/mol. The quantitative estimate of drug-likeness (QED) is 0.813. The maximum atomic E-state index is 11.4. The molecule has 1 rings (SSSR count). The van der Waals surface area contributed by atoms with Crippen LogP contribution in [0.25, 0.3) is 0 Å². The Morgan fingerprint density at radius 1 is 1.20 bits per heavy atom. The maximum Gasteiger partial charge on any atom is 0.328 e. The fourth-order valence-corrected chi connectivity index (χ4v) is 1.30. The number of rotatable bonds is 2. The van der Waals surface area contributed by atoms with Crippen LogP contribution in [-0.2, 0) is 0 Å². The minimum atomic E-state index is -0.339. The van der Waals surface area contributed by atoms with E-state index in [9.17, 15) is 9.59 Å². The van der Waals surface area contributed by atoms with E-state index < -0.39 is 0 Å². The van der Waals surface area contributed by atoms with Gasteiger partial charge in [0, 0.05) is 17.8 Å². The molecule has 15 heavy (non-hydrogen) atoms. The van der Waals surface area contributed by atoms with Gasteiger partial charge in [0.25, 0.3) is 5.56 Å². The van der Waals surface area contributed by atoms with Crippen LogP contribution < -0.4 is 11.2 Å². The van der Waals surface area contributed by atoms with Gasteiger partial charge in [-0.25, -0.2) is 4.79 Å². The average Bonchev–Trinajstić information content (AvgIpc) is 2.02. The van der Waals surface area contributed by atoms with Crippen molar-refractivity contribution in [1.29, 1.82) is 0 Å². The summed E-state index contributed by atoms with van der Waals surface area (Å²) in [5, 5.41) is 0. The number of nitrogens with zero attached hydrogens (tertiary/aromatic N) is 1. The molecule has 4 nitrogen and oxygen atoms in total. The summed E-state index contributed by atoms with van der Waals surface area (Å²) in [6, 6.07) is 0.0665. The molecule has 0 atom stereocenters. The molecule has 0 unspecified atom stereocenters. The molecule has 0 aliphatic carbocycles. The van der Waals surface area contributed by atoms with Gasteiger partial charge >= 0.3 is 5.69 Å². The van der Waals surface area contributed by atoms with Crippen LogP contribution in [0.15, 0.2) is 15.8 Å². The summed E-state index contributed by atoms with van der Waals surface area (Å²) in [4.78, 5) is 25.1. The van der Waals surface area contributed by atoms with Crippen molar-refractivity contribution >= 4 is 0 Å². The van der Waals surface area contributed by atoms with Crippen molar-refractivity contribution in [2.75, 3.05) is 0 Å². The Kier molecular flexibility index (Phi) is 4.52. The largest absolute Gasteiger partial charge is 0.328 e. The normalized spacial score (nSPS) is 10.5. The van der Waals surface area contributed by atoms with Crippen LogP contribution in [0.2, 0.25) is 0 Å². The van der Waals surface area contributed by atoms with Crippen LogP contribution in [0, 0.1) is 0 Å². The van der Waals surface area contributed by atoms with Gasteiger partial charge in [0.2, 0.25) is 0 Å². The maximum absolute atomic E-state index is 11.4. The summed E-state index contributed by atoms with van der Waals surface area (Å²) in [7, 11) is 0. The third-order valence-electron chi connectivity index (χ3n) is 2.17. The molecule has 0 fully saturated rings. The topological polar surface area (TPSA) is 54.9 Å². The summed E-state index contributed by atoms with van der Waals surface area (Å²) in [6.07, 6.45) is 1.65. The predicted molar refractivity (Wildman–Crippen MR) is 62.5 cm³/mol. The highest BCUT2D eigenvalue weighted by molar-refractivity contribution is 5.09. The molecule has 86 valence electrons. The molecule has 0 saturated carbocycles. The van der Waals surface area contributed by atoms with Crippen LogP contribution in [0.1, 0.15) is 52.6 Å². The Hall–Kier alpha value is -1.32. The molecule has 1 aromatic rings.